The van der Waals surface area contributed by atoms with Gasteiger partial charge in [0.15, 0.2) is 0 Å². The van der Waals surface area contributed by atoms with Crippen LogP contribution in [0.15, 0.2) is 0 Å². The van der Waals surface area contributed by atoms with Crippen LogP contribution < -0.4 is 5.32 Å². The molecule has 0 spiro atoms. The summed E-state index contributed by atoms with van der Waals surface area (Å²) in [6.07, 6.45) is -5.65. The Morgan fingerprint density at radius 3 is 1.85 bits per heavy atom. The minimum Gasteiger partial charge on any atom is -0.394 e. The number of nitrogens with one attached hydrogen (secondary N) is 1. The fraction of sp³-hybridized carbons (Fsp3) is 1.00. The number of hydrogen-bond donors (Lipinski definition) is 6. The van der Waals surface area contributed by atoms with Crippen LogP contribution in [0.5, 0.6) is 0 Å². The predicted molar refractivity (Wildman–Crippen MR) is 45.0 cm³/mol. The quantitative estimate of drug-likeness (QED) is 0.264. The molecule has 0 amide bonds. The second-order valence-electron chi connectivity index (χ2n) is 2.86. The van der Waals surface area contributed by atoms with Crippen molar-refractivity contribution < 1.29 is 25.5 Å². The summed E-state index contributed by atoms with van der Waals surface area (Å²) in [6.45, 7) is -0.569. The maximum Gasteiger partial charge on any atom is 0.111 e. The van der Waals surface area contributed by atoms with Crippen LogP contribution in [0.3, 0.4) is 0 Å². The van der Waals surface area contributed by atoms with Crippen LogP contribution in [0.1, 0.15) is 0 Å². The third-order valence-electron chi connectivity index (χ3n) is 1.74. The molecule has 13 heavy (non-hydrogen) atoms. The molecule has 0 radical (unpaired) electrons. The molecule has 0 aliphatic heterocycles. The summed E-state index contributed by atoms with van der Waals surface area (Å²) >= 11 is 0. The summed E-state index contributed by atoms with van der Waals surface area (Å²) in [7, 11) is 1.57. The lowest BCUT2D eigenvalue weighted by molar-refractivity contribution is -0.113. The first-order chi connectivity index (χ1) is 6.04. The van der Waals surface area contributed by atoms with Gasteiger partial charge in [-0.2, -0.15) is 0 Å². The van der Waals surface area contributed by atoms with E-state index in [1.807, 2.05) is 0 Å². The minimum absolute atomic E-state index is 0.0936. The first kappa shape index (κ1) is 12.8. The third-order valence-corrected chi connectivity index (χ3v) is 1.74. The summed E-state index contributed by atoms with van der Waals surface area (Å²) in [4.78, 5) is 0. The van der Waals surface area contributed by atoms with E-state index in [9.17, 15) is 5.11 Å². The lowest BCUT2D eigenvalue weighted by Crippen LogP contribution is -2.48. The van der Waals surface area contributed by atoms with Gasteiger partial charge in [0.2, 0.25) is 0 Å². The van der Waals surface area contributed by atoms with Crippen molar-refractivity contribution in [3.63, 3.8) is 0 Å². The Morgan fingerprint density at radius 2 is 1.46 bits per heavy atom. The number of aliphatic hydroxyl groups excluding tert-OH is 5. The lowest BCUT2D eigenvalue weighted by atomic mass is 10.0. The number of likely N-dealkylation sites (N-methyl/N-ethyl adjacent to an activating group) is 1. The molecule has 6 nitrogen and oxygen atoms in total. The van der Waals surface area contributed by atoms with Crippen LogP contribution in [0.2, 0.25) is 0 Å². The van der Waals surface area contributed by atoms with Gasteiger partial charge < -0.3 is 30.8 Å². The Labute approximate surface area is 76.4 Å². The average molecular weight is 195 g/mol. The monoisotopic (exact) mass is 195 g/mol. The fourth-order valence-corrected chi connectivity index (χ4v) is 0.893. The van der Waals surface area contributed by atoms with E-state index in [0.717, 1.165) is 0 Å². The molecule has 0 heterocycles. The third kappa shape index (κ3) is 3.99. The largest absolute Gasteiger partial charge is 0.394 e. The van der Waals surface area contributed by atoms with Crippen molar-refractivity contribution in [1.29, 1.82) is 0 Å². The van der Waals surface area contributed by atoms with E-state index in [4.69, 9.17) is 20.4 Å². The fourth-order valence-electron chi connectivity index (χ4n) is 0.893. The van der Waals surface area contributed by atoms with Gasteiger partial charge in [-0.1, -0.05) is 0 Å². The smallest absolute Gasteiger partial charge is 0.111 e. The molecule has 0 fully saturated rings. The van der Waals surface area contributed by atoms with Gasteiger partial charge in [-0.3, -0.25) is 0 Å². The topological polar surface area (TPSA) is 113 Å². The molecule has 0 aromatic heterocycles. The van der Waals surface area contributed by atoms with Gasteiger partial charge in [-0.15, -0.1) is 0 Å². The van der Waals surface area contributed by atoms with E-state index in [-0.39, 0.29) is 6.54 Å². The summed E-state index contributed by atoms with van der Waals surface area (Å²) < 4.78 is 0. The Bertz CT molecular complexity index is 134. The van der Waals surface area contributed by atoms with Crippen LogP contribution in [0, 0.1) is 0 Å². The first-order valence-corrected chi connectivity index (χ1v) is 4.02. The highest BCUT2D eigenvalue weighted by atomic mass is 16.4. The number of rotatable bonds is 6. The normalized spacial score (nSPS) is 20.8. The van der Waals surface area contributed by atoms with Crippen LogP contribution in [-0.4, -0.2) is 70.1 Å². The molecule has 0 saturated carbocycles. The maximum absolute atomic E-state index is 9.21. The molecule has 6 heteroatoms. The van der Waals surface area contributed by atoms with Crippen molar-refractivity contribution in [1.82, 2.24) is 5.32 Å². The zero-order valence-electron chi connectivity index (χ0n) is 7.46. The minimum atomic E-state index is -1.55. The van der Waals surface area contributed by atoms with Gasteiger partial charge in [0, 0.05) is 6.54 Å². The zero-order valence-corrected chi connectivity index (χ0v) is 7.46. The first-order valence-electron chi connectivity index (χ1n) is 4.02. The van der Waals surface area contributed by atoms with E-state index >= 15 is 0 Å². The van der Waals surface area contributed by atoms with Gasteiger partial charge in [0.25, 0.3) is 0 Å². The molecule has 0 saturated heterocycles. The van der Waals surface area contributed by atoms with E-state index in [1.165, 1.54) is 0 Å². The highest BCUT2D eigenvalue weighted by Crippen LogP contribution is 2.04. The summed E-state index contributed by atoms with van der Waals surface area (Å²) in [5.41, 5.74) is 0. The highest BCUT2D eigenvalue weighted by molar-refractivity contribution is 4.81. The van der Waals surface area contributed by atoms with Gasteiger partial charge in [0.1, 0.15) is 18.3 Å². The van der Waals surface area contributed by atoms with Crippen LogP contribution in [0.4, 0.5) is 0 Å². The summed E-state index contributed by atoms with van der Waals surface area (Å²) in [6, 6.07) is 0. The Morgan fingerprint density at radius 1 is 1.00 bits per heavy atom. The van der Waals surface area contributed by atoms with Crippen molar-refractivity contribution in [2.24, 2.45) is 0 Å². The van der Waals surface area contributed by atoms with Gasteiger partial charge >= 0.3 is 0 Å². The second-order valence-corrected chi connectivity index (χ2v) is 2.86. The average Bonchev–Trinajstić information content (AvgIpc) is 2.14. The van der Waals surface area contributed by atoms with Crippen molar-refractivity contribution >= 4 is 0 Å². The molecule has 0 aliphatic rings. The summed E-state index contributed by atoms with van der Waals surface area (Å²) in [5, 5.41) is 47.5. The lowest BCUT2D eigenvalue weighted by Gasteiger charge is -2.25. The zero-order chi connectivity index (χ0) is 10.4. The van der Waals surface area contributed by atoms with E-state index < -0.39 is 31.0 Å². The Kier molecular flexibility index (Phi) is 6.13. The Hall–Kier alpha value is -0.240. The Balaban J connectivity index is 3.99. The van der Waals surface area contributed by atoms with Crippen molar-refractivity contribution in [3.8, 4) is 0 Å². The standard InChI is InChI=1S/C7H17NO5/c1-8-2-4(10)6(12)7(13)5(11)3-9/h4-13H,2-3H2,1H3/t4-,5+,6-,7+/m1/s1. The van der Waals surface area contributed by atoms with E-state index in [2.05, 4.69) is 5.32 Å². The van der Waals surface area contributed by atoms with Crippen LogP contribution in [0.25, 0.3) is 0 Å². The van der Waals surface area contributed by atoms with Gasteiger partial charge in [0.05, 0.1) is 12.7 Å². The molecule has 0 unspecified atom stereocenters. The number of hydrogen-bond acceptors (Lipinski definition) is 6. The van der Waals surface area contributed by atoms with E-state index in [1.54, 1.807) is 7.05 Å². The van der Waals surface area contributed by atoms with Crippen molar-refractivity contribution in [2.75, 3.05) is 20.2 Å². The maximum atomic E-state index is 9.21. The van der Waals surface area contributed by atoms with Crippen molar-refractivity contribution in [2.45, 2.75) is 24.4 Å². The van der Waals surface area contributed by atoms with Crippen molar-refractivity contribution in [3.05, 3.63) is 0 Å². The van der Waals surface area contributed by atoms with Gasteiger partial charge in [-0.05, 0) is 7.05 Å². The summed E-state index contributed by atoms with van der Waals surface area (Å²) in [5.74, 6) is 0. The van der Waals surface area contributed by atoms with Crippen LogP contribution in [-0.2, 0) is 0 Å². The molecule has 4 atom stereocenters. The molecule has 80 valence electrons. The molecule has 0 rings (SSSR count). The molecular weight excluding hydrogens is 178 g/mol. The van der Waals surface area contributed by atoms with Gasteiger partial charge in [-0.25, -0.2) is 0 Å². The molecule has 0 bridgehead atoms. The molecule has 0 aliphatic carbocycles. The highest BCUT2D eigenvalue weighted by Gasteiger charge is 2.29. The second kappa shape index (κ2) is 6.25. The molecule has 6 N–H and O–H groups in total. The number of aliphatic hydroxyl groups is 5. The molecule has 0 aromatic rings. The van der Waals surface area contributed by atoms with Crippen LogP contribution >= 0.6 is 0 Å². The molecular formula is C7H17NO5. The SMILES string of the molecule is CNC[C@@H](O)[C@@H](O)[C@@H](O)[C@@H](O)CO. The molecule has 0 aromatic carbocycles. The van der Waals surface area contributed by atoms with E-state index in [0.29, 0.717) is 0 Å². The predicted octanol–water partition coefficient (Wildman–Crippen LogP) is -3.36.